The van der Waals surface area contributed by atoms with Crippen molar-refractivity contribution in [3.63, 3.8) is 0 Å². The van der Waals surface area contributed by atoms with Crippen LogP contribution in [0.15, 0.2) is 0 Å². The van der Waals surface area contributed by atoms with Crippen LogP contribution in [0.2, 0.25) is 0 Å². The van der Waals surface area contributed by atoms with Gasteiger partial charge in [-0.3, -0.25) is 0 Å². The molecule has 0 aromatic heterocycles. The number of rotatable bonds is 1. The molecule has 2 bridgehead atoms. The van der Waals surface area contributed by atoms with Crippen LogP contribution in [0.5, 0.6) is 0 Å². The van der Waals surface area contributed by atoms with Crippen LogP contribution < -0.4 is 5.32 Å². The molecule has 0 radical (unpaired) electrons. The zero-order chi connectivity index (χ0) is 10.3. The highest BCUT2D eigenvalue weighted by molar-refractivity contribution is 5.32. The van der Waals surface area contributed by atoms with Crippen molar-refractivity contribution < 1.29 is 0 Å². The van der Waals surface area contributed by atoms with Crippen LogP contribution in [0, 0.1) is 23.7 Å². The first-order valence-electron chi connectivity index (χ1n) is 6.99. The first-order chi connectivity index (χ1) is 7.20. The van der Waals surface area contributed by atoms with Crippen LogP contribution in [0.25, 0.3) is 0 Å². The number of fused-ring (bicyclic) bond motifs is 6. The van der Waals surface area contributed by atoms with Crippen molar-refractivity contribution in [2.24, 2.45) is 23.7 Å². The standard InChI is InChI=1S/C14H23N/c1-3-13(2)14(15-13)8-9-7-12(14)11-6-4-5-10(9)11/h9-12,15H,3-8H2,1-2H3. The van der Waals surface area contributed by atoms with Crippen molar-refractivity contribution in [2.45, 2.75) is 63.5 Å². The van der Waals surface area contributed by atoms with E-state index >= 15 is 0 Å². The Bertz CT molecular complexity index is 312. The summed E-state index contributed by atoms with van der Waals surface area (Å²) in [5, 5.41) is 3.91. The fourth-order valence-electron chi connectivity index (χ4n) is 5.79. The van der Waals surface area contributed by atoms with Crippen molar-refractivity contribution in [1.29, 1.82) is 0 Å². The quantitative estimate of drug-likeness (QED) is 0.653. The lowest BCUT2D eigenvalue weighted by Gasteiger charge is -2.33. The summed E-state index contributed by atoms with van der Waals surface area (Å²) in [7, 11) is 0. The van der Waals surface area contributed by atoms with Crippen LogP contribution in [0.4, 0.5) is 0 Å². The molecular formula is C14H23N. The molecule has 15 heavy (non-hydrogen) atoms. The van der Waals surface area contributed by atoms with E-state index < -0.39 is 0 Å². The van der Waals surface area contributed by atoms with E-state index in [-0.39, 0.29) is 0 Å². The molecule has 0 aromatic rings. The Labute approximate surface area is 93.0 Å². The van der Waals surface area contributed by atoms with Gasteiger partial charge >= 0.3 is 0 Å². The maximum atomic E-state index is 3.91. The van der Waals surface area contributed by atoms with Gasteiger partial charge in [-0.05, 0) is 62.7 Å². The van der Waals surface area contributed by atoms with Gasteiger partial charge in [0.25, 0.3) is 0 Å². The van der Waals surface area contributed by atoms with Crippen molar-refractivity contribution in [3.05, 3.63) is 0 Å². The second-order valence-electron chi connectivity index (χ2n) is 6.85. The van der Waals surface area contributed by atoms with E-state index in [0.717, 1.165) is 23.7 Å². The van der Waals surface area contributed by atoms with E-state index in [4.69, 9.17) is 0 Å². The summed E-state index contributed by atoms with van der Waals surface area (Å²) in [6.45, 7) is 4.83. The summed E-state index contributed by atoms with van der Waals surface area (Å²) in [6.07, 6.45) is 9.05. The van der Waals surface area contributed by atoms with Crippen LogP contribution in [-0.4, -0.2) is 11.1 Å². The van der Waals surface area contributed by atoms with Gasteiger partial charge in [0.1, 0.15) is 0 Å². The summed E-state index contributed by atoms with van der Waals surface area (Å²) >= 11 is 0. The van der Waals surface area contributed by atoms with E-state index in [2.05, 4.69) is 19.2 Å². The predicted molar refractivity (Wildman–Crippen MR) is 61.6 cm³/mol. The molecule has 0 aromatic carbocycles. The fourth-order valence-corrected chi connectivity index (χ4v) is 5.79. The second-order valence-corrected chi connectivity index (χ2v) is 6.85. The maximum Gasteiger partial charge on any atom is 0.0400 e. The van der Waals surface area contributed by atoms with Crippen molar-refractivity contribution >= 4 is 0 Å². The van der Waals surface area contributed by atoms with Gasteiger partial charge < -0.3 is 5.32 Å². The molecule has 1 saturated heterocycles. The van der Waals surface area contributed by atoms with Gasteiger partial charge in [-0.15, -0.1) is 0 Å². The molecule has 0 amide bonds. The Balaban J connectivity index is 1.68. The summed E-state index contributed by atoms with van der Waals surface area (Å²) in [4.78, 5) is 0. The molecule has 1 heteroatoms. The summed E-state index contributed by atoms with van der Waals surface area (Å²) in [5.41, 5.74) is 1.12. The van der Waals surface area contributed by atoms with Gasteiger partial charge in [-0.25, -0.2) is 0 Å². The molecule has 4 aliphatic rings. The van der Waals surface area contributed by atoms with Gasteiger partial charge in [-0.2, -0.15) is 0 Å². The number of hydrogen-bond acceptors (Lipinski definition) is 1. The van der Waals surface area contributed by atoms with Gasteiger partial charge in [0, 0.05) is 11.1 Å². The molecule has 1 heterocycles. The fraction of sp³-hybridized carbons (Fsp3) is 1.00. The highest BCUT2D eigenvalue weighted by Gasteiger charge is 2.74. The minimum atomic E-state index is 0.514. The highest BCUT2D eigenvalue weighted by atomic mass is 15.3. The first-order valence-corrected chi connectivity index (χ1v) is 6.99. The molecule has 6 atom stereocenters. The molecule has 84 valence electrons. The molecule has 1 nitrogen and oxygen atoms in total. The van der Waals surface area contributed by atoms with Crippen molar-refractivity contribution in [3.8, 4) is 0 Å². The summed E-state index contributed by atoms with van der Waals surface area (Å²) < 4.78 is 0. The third-order valence-corrected chi connectivity index (χ3v) is 6.65. The zero-order valence-electron chi connectivity index (χ0n) is 10.1. The SMILES string of the molecule is CCC1(C)NC12CC1CC2C2CCCC12. The predicted octanol–water partition coefficient (Wildman–Crippen LogP) is 2.95. The smallest absolute Gasteiger partial charge is 0.0400 e. The monoisotopic (exact) mass is 205 g/mol. The molecule has 3 aliphatic carbocycles. The lowest BCUT2D eigenvalue weighted by molar-refractivity contribution is 0.201. The van der Waals surface area contributed by atoms with E-state index in [9.17, 15) is 0 Å². The first kappa shape index (κ1) is 9.04. The van der Waals surface area contributed by atoms with E-state index in [1.54, 1.807) is 19.3 Å². The molecule has 1 aliphatic heterocycles. The molecule has 1 spiro atoms. The molecule has 4 rings (SSSR count). The lowest BCUT2D eigenvalue weighted by Crippen LogP contribution is -2.36. The Hall–Kier alpha value is -0.0400. The Kier molecular flexibility index (Phi) is 1.47. The van der Waals surface area contributed by atoms with Crippen LogP contribution in [0.3, 0.4) is 0 Å². The Morgan fingerprint density at radius 1 is 1.27 bits per heavy atom. The van der Waals surface area contributed by atoms with Gasteiger partial charge in [0.2, 0.25) is 0 Å². The average molecular weight is 205 g/mol. The van der Waals surface area contributed by atoms with Crippen molar-refractivity contribution in [1.82, 2.24) is 5.32 Å². The average Bonchev–Trinajstić information content (AvgIpc) is 2.70. The molecule has 3 saturated carbocycles. The molecule has 6 unspecified atom stereocenters. The summed E-state index contributed by atoms with van der Waals surface area (Å²) in [6, 6.07) is 0. The van der Waals surface area contributed by atoms with E-state index in [1.165, 1.54) is 19.3 Å². The zero-order valence-corrected chi connectivity index (χ0v) is 10.1. The lowest BCUT2D eigenvalue weighted by atomic mass is 9.70. The molecule has 1 N–H and O–H groups in total. The minimum Gasteiger partial charge on any atom is -0.302 e. The maximum absolute atomic E-state index is 3.91. The Morgan fingerprint density at radius 2 is 2.07 bits per heavy atom. The topological polar surface area (TPSA) is 21.9 Å². The van der Waals surface area contributed by atoms with Gasteiger partial charge in [-0.1, -0.05) is 13.3 Å². The molecular weight excluding hydrogens is 182 g/mol. The Morgan fingerprint density at radius 3 is 2.80 bits per heavy atom. The van der Waals surface area contributed by atoms with E-state index in [0.29, 0.717) is 11.1 Å². The number of hydrogen-bond donors (Lipinski definition) is 1. The van der Waals surface area contributed by atoms with Crippen LogP contribution in [0.1, 0.15) is 52.4 Å². The third kappa shape index (κ3) is 0.833. The van der Waals surface area contributed by atoms with Crippen LogP contribution in [-0.2, 0) is 0 Å². The minimum absolute atomic E-state index is 0.514. The molecule has 4 fully saturated rings. The van der Waals surface area contributed by atoms with Gasteiger partial charge in [0.15, 0.2) is 0 Å². The third-order valence-electron chi connectivity index (χ3n) is 6.65. The normalized spacial score (nSPS) is 65.2. The number of nitrogens with one attached hydrogen (secondary N) is 1. The van der Waals surface area contributed by atoms with Crippen LogP contribution >= 0.6 is 0 Å². The largest absolute Gasteiger partial charge is 0.302 e. The highest BCUT2D eigenvalue weighted by Crippen LogP contribution is 2.69. The van der Waals surface area contributed by atoms with Crippen molar-refractivity contribution in [2.75, 3.05) is 0 Å². The summed E-state index contributed by atoms with van der Waals surface area (Å²) in [5.74, 6) is 4.41. The van der Waals surface area contributed by atoms with Gasteiger partial charge in [0.05, 0.1) is 0 Å². The van der Waals surface area contributed by atoms with E-state index in [1.807, 2.05) is 0 Å². The second kappa shape index (κ2) is 2.45.